The number of aliphatic hydroxyl groups is 1. The maximum Gasteiger partial charge on any atom is 0.246 e. The van der Waals surface area contributed by atoms with Crippen LogP contribution in [-0.2, 0) is 10.0 Å². The van der Waals surface area contributed by atoms with Crippen molar-refractivity contribution in [3.63, 3.8) is 0 Å². The molecule has 1 aromatic rings. The van der Waals surface area contributed by atoms with Crippen LogP contribution in [0.2, 0.25) is 0 Å². The first kappa shape index (κ1) is 15.0. The average molecular weight is 279 g/mol. The third-order valence-electron chi connectivity index (χ3n) is 2.77. The van der Waals surface area contributed by atoms with Gasteiger partial charge in [0.2, 0.25) is 10.0 Å². The molecule has 0 fully saturated rings. The number of sulfonamides is 1. The van der Waals surface area contributed by atoms with Crippen LogP contribution in [0.3, 0.4) is 0 Å². The molecule has 1 N–H and O–H groups in total. The summed E-state index contributed by atoms with van der Waals surface area (Å²) in [6.45, 7) is 2.50. The number of hydrogen-bond donors (Lipinski definition) is 1. The minimum Gasteiger partial charge on any atom is -0.394 e. The van der Waals surface area contributed by atoms with Gasteiger partial charge in [-0.05, 0) is 32.0 Å². The lowest BCUT2D eigenvalue weighted by atomic mass is 10.1. The highest BCUT2D eigenvalue weighted by molar-refractivity contribution is 7.89. The highest BCUT2D eigenvalue weighted by Gasteiger charge is 2.35. The summed E-state index contributed by atoms with van der Waals surface area (Å²) in [7, 11) is -3.00. The van der Waals surface area contributed by atoms with Crippen LogP contribution in [0, 0.1) is 11.6 Å². The molecule has 7 heteroatoms. The van der Waals surface area contributed by atoms with Gasteiger partial charge in [-0.1, -0.05) is 0 Å². The fourth-order valence-electron chi connectivity index (χ4n) is 1.25. The van der Waals surface area contributed by atoms with E-state index in [-0.39, 0.29) is 0 Å². The summed E-state index contributed by atoms with van der Waals surface area (Å²) < 4.78 is 51.6. The lowest BCUT2D eigenvalue weighted by Crippen LogP contribution is -2.47. The molecule has 1 rings (SSSR count). The van der Waals surface area contributed by atoms with Gasteiger partial charge in [0, 0.05) is 7.05 Å². The predicted molar refractivity (Wildman–Crippen MR) is 62.5 cm³/mol. The summed E-state index contributed by atoms with van der Waals surface area (Å²) in [5.41, 5.74) is -1.11. The van der Waals surface area contributed by atoms with Crippen LogP contribution in [0.25, 0.3) is 0 Å². The molecule has 0 unspecified atom stereocenters. The van der Waals surface area contributed by atoms with Crippen molar-refractivity contribution in [2.45, 2.75) is 24.3 Å². The van der Waals surface area contributed by atoms with Gasteiger partial charge in [-0.3, -0.25) is 0 Å². The number of rotatable bonds is 4. The molecule has 0 atom stereocenters. The molecular formula is C11H15F2NO3S. The average Bonchev–Trinajstić information content (AvgIpc) is 2.31. The lowest BCUT2D eigenvalue weighted by Gasteiger charge is -2.32. The van der Waals surface area contributed by atoms with E-state index in [1.165, 1.54) is 20.9 Å². The highest BCUT2D eigenvalue weighted by atomic mass is 32.2. The molecule has 0 aliphatic rings. The van der Waals surface area contributed by atoms with Gasteiger partial charge in [0.25, 0.3) is 0 Å². The standard InChI is InChI=1S/C11H15F2NO3S/c1-11(2,7-15)14(3)18(16,17)10-6-8(12)4-5-9(10)13/h4-6,15H,7H2,1-3H3. The number of likely N-dealkylation sites (N-methyl/N-ethyl adjacent to an activating group) is 1. The van der Waals surface area contributed by atoms with Gasteiger partial charge in [0.1, 0.15) is 16.5 Å². The Morgan fingerprint density at radius 1 is 1.33 bits per heavy atom. The maximum absolute atomic E-state index is 13.5. The summed E-state index contributed by atoms with van der Waals surface area (Å²) in [5, 5.41) is 9.12. The van der Waals surface area contributed by atoms with Crippen LogP contribution in [0.1, 0.15) is 13.8 Å². The van der Waals surface area contributed by atoms with Gasteiger partial charge in [-0.2, -0.15) is 4.31 Å². The van der Waals surface area contributed by atoms with Gasteiger partial charge in [-0.15, -0.1) is 0 Å². The Bertz CT molecular complexity index is 543. The molecule has 18 heavy (non-hydrogen) atoms. The second-order valence-corrected chi connectivity index (χ2v) is 6.46. The van der Waals surface area contributed by atoms with Crippen molar-refractivity contribution >= 4 is 10.0 Å². The largest absolute Gasteiger partial charge is 0.394 e. The summed E-state index contributed by atoms with van der Waals surface area (Å²) in [6.07, 6.45) is 0. The zero-order chi connectivity index (χ0) is 14.1. The number of hydrogen-bond acceptors (Lipinski definition) is 3. The molecule has 0 amide bonds. The van der Waals surface area contributed by atoms with E-state index in [0.29, 0.717) is 6.07 Å². The first-order valence-corrected chi connectivity index (χ1v) is 6.62. The molecule has 0 bridgehead atoms. The smallest absolute Gasteiger partial charge is 0.246 e. The molecule has 0 aliphatic carbocycles. The van der Waals surface area contributed by atoms with E-state index in [4.69, 9.17) is 5.11 Å². The van der Waals surface area contributed by atoms with E-state index in [9.17, 15) is 17.2 Å². The molecule has 0 aliphatic heterocycles. The second-order valence-electron chi connectivity index (χ2n) is 4.52. The van der Waals surface area contributed by atoms with E-state index in [1.807, 2.05) is 0 Å². The lowest BCUT2D eigenvalue weighted by molar-refractivity contribution is 0.137. The van der Waals surface area contributed by atoms with E-state index in [0.717, 1.165) is 16.4 Å². The zero-order valence-electron chi connectivity index (χ0n) is 10.3. The third-order valence-corrected chi connectivity index (χ3v) is 4.86. The van der Waals surface area contributed by atoms with Crippen molar-refractivity contribution in [2.24, 2.45) is 0 Å². The summed E-state index contributed by atoms with van der Waals surface area (Å²) in [5.74, 6) is -1.87. The summed E-state index contributed by atoms with van der Waals surface area (Å²) >= 11 is 0. The maximum atomic E-state index is 13.5. The number of nitrogens with zero attached hydrogens (tertiary/aromatic N) is 1. The number of halogens is 2. The van der Waals surface area contributed by atoms with Crippen LogP contribution in [0.15, 0.2) is 23.1 Å². The Morgan fingerprint density at radius 3 is 2.39 bits per heavy atom. The van der Waals surface area contributed by atoms with Gasteiger partial charge < -0.3 is 5.11 Å². The van der Waals surface area contributed by atoms with E-state index in [2.05, 4.69) is 0 Å². The fraction of sp³-hybridized carbons (Fsp3) is 0.455. The minimum atomic E-state index is -4.20. The zero-order valence-corrected chi connectivity index (χ0v) is 11.1. The molecule has 0 saturated carbocycles. The predicted octanol–water partition coefficient (Wildman–Crippen LogP) is 1.36. The van der Waals surface area contributed by atoms with E-state index < -0.39 is 38.7 Å². The van der Waals surface area contributed by atoms with Crippen molar-refractivity contribution in [1.82, 2.24) is 4.31 Å². The van der Waals surface area contributed by atoms with Crippen LogP contribution >= 0.6 is 0 Å². The SMILES string of the molecule is CN(C(C)(C)CO)S(=O)(=O)c1cc(F)ccc1F. The molecule has 4 nitrogen and oxygen atoms in total. The Labute approximate surface area is 105 Å². The molecule has 1 aromatic carbocycles. The monoisotopic (exact) mass is 279 g/mol. The van der Waals surface area contributed by atoms with Crippen molar-refractivity contribution in [1.29, 1.82) is 0 Å². The van der Waals surface area contributed by atoms with Gasteiger partial charge in [-0.25, -0.2) is 17.2 Å². The minimum absolute atomic E-state index is 0.445. The van der Waals surface area contributed by atoms with Gasteiger partial charge >= 0.3 is 0 Å². The highest BCUT2D eigenvalue weighted by Crippen LogP contribution is 2.25. The quantitative estimate of drug-likeness (QED) is 0.905. The summed E-state index contributed by atoms with van der Waals surface area (Å²) in [6, 6.07) is 2.21. The Morgan fingerprint density at radius 2 is 1.89 bits per heavy atom. The van der Waals surface area contributed by atoms with Crippen LogP contribution in [0.4, 0.5) is 8.78 Å². The molecule has 0 radical (unpaired) electrons. The Hall–Kier alpha value is -1.05. The third kappa shape index (κ3) is 2.68. The topological polar surface area (TPSA) is 57.6 Å². The molecule has 0 spiro atoms. The molecule has 0 saturated heterocycles. The molecule has 102 valence electrons. The van der Waals surface area contributed by atoms with Crippen LogP contribution in [-0.4, -0.2) is 37.0 Å². The van der Waals surface area contributed by atoms with Crippen LogP contribution < -0.4 is 0 Å². The number of aliphatic hydroxyl groups excluding tert-OH is 1. The van der Waals surface area contributed by atoms with Crippen LogP contribution in [0.5, 0.6) is 0 Å². The summed E-state index contributed by atoms with van der Waals surface area (Å²) in [4.78, 5) is -0.744. The Balaban J connectivity index is 3.34. The van der Waals surface area contributed by atoms with Gasteiger partial charge in [0.05, 0.1) is 12.1 Å². The molecule has 0 heterocycles. The molecule has 0 aromatic heterocycles. The van der Waals surface area contributed by atoms with E-state index in [1.54, 1.807) is 0 Å². The van der Waals surface area contributed by atoms with Crippen molar-refractivity contribution in [2.75, 3.05) is 13.7 Å². The van der Waals surface area contributed by atoms with E-state index >= 15 is 0 Å². The first-order valence-electron chi connectivity index (χ1n) is 5.18. The van der Waals surface area contributed by atoms with Crippen molar-refractivity contribution < 1.29 is 22.3 Å². The van der Waals surface area contributed by atoms with Crippen molar-refractivity contribution in [3.05, 3.63) is 29.8 Å². The van der Waals surface area contributed by atoms with Crippen molar-refractivity contribution in [3.8, 4) is 0 Å². The Kier molecular flexibility index (Phi) is 4.09. The first-order chi connectivity index (χ1) is 8.13. The normalized spacial score (nSPS) is 13.1. The fourth-order valence-corrected chi connectivity index (χ4v) is 2.83. The van der Waals surface area contributed by atoms with Gasteiger partial charge in [0.15, 0.2) is 0 Å². The number of benzene rings is 1. The molecular weight excluding hydrogens is 264 g/mol. The second kappa shape index (κ2) is 4.91.